The molecular formula is C14H18N6OS. The first-order valence-corrected chi connectivity index (χ1v) is 8.04. The van der Waals surface area contributed by atoms with Crippen molar-refractivity contribution >= 4 is 33.4 Å². The van der Waals surface area contributed by atoms with Gasteiger partial charge in [-0.2, -0.15) is 10.2 Å². The van der Waals surface area contributed by atoms with Crippen molar-refractivity contribution < 1.29 is 4.79 Å². The van der Waals surface area contributed by atoms with Crippen LogP contribution in [0.4, 0.5) is 5.13 Å². The summed E-state index contributed by atoms with van der Waals surface area (Å²) in [6.07, 6.45) is 3.83. The Morgan fingerprint density at radius 1 is 1.45 bits per heavy atom. The highest BCUT2D eigenvalue weighted by molar-refractivity contribution is 7.13. The highest BCUT2D eigenvalue weighted by Gasteiger charge is 2.15. The van der Waals surface area contributed by atoms with Crippen molar-refractivity contribution in [1.29, 1.82) is 0 Å². The van der Waals surface area contributed by atoms with Gasteiger partial charge in [-0.1, -0.05) is 0 Å². The second-order valence-corrected chi connectivity index (χ2v) is 6.26. The van der Waals surface area contributed by atoms with E-state index in [1.807, 2.05) is 27.9 Å². The average molecular weight is 318 g/mol. The summed E-state index contributed by atoms with van der Waals surface area (Å²) in [5, 5.41) is 14.2. The molecule has 0 bridgehead atoms. The number of nitrogens with zero attached hydrogens (tertiary/aromatic N) is 5. The normalized spacial score (nSPS) is 11.5. The number of hydrogen-bond acceptors (Lipinski definition) is 5. The zero-order chi connectivity index (χ0) is 15.7. The molecule has 3 heterocycles. The fraction of sp³-hybridized carbons (Fsp3) is 0.429. The molecule has 1 N–H and O–H groups in total. The number of anilines is 1. The van der Waals surface area contributed by atoms with E-state index in [2.05, 4.69) is 34.3 Å². The van der Waals surface area contributed by atoms with Crippen LogP contribution in [-0.2, 0) is 11.3 Å². The standard InChI is InChI=1S/C14H18N6OS/c1-9(2)20-11-8-16-19(13(11)10(3)18-20)6-4-12(21)17-14-15-5-7-22-14/h5,7-9H,4,6H2,1-3H3,(H,15,17,21). The van der Waals surface area contributed by atoms with Crippen LogP contribution in [0.3, 0.4) is 0 Å². The number of rotatable bonds is 5. The minimum atomic E-state index is -0.0625. The zero-order valence-electron chi connectivity index (χ0n) is 12.8. The predicted molar refractivity (Wildman–Crippen MR) is 86.0 cm³/mol. The quantitative estimate of drug-likeness (QED) is 0.784. The molecule has 0 unspecified atom stereocenters. The fourth-order valence-corrected chi connectivity index (χ4v) is 2.96. The van der Waals surface area contributed by atoms with Crippen LogP contribution < -0.4 is 5.32 Å². The smallest absolute Gasteiger partial charge is 0.228 e. The van der Waals surface area contributed by atoms with Crippen molar-refractivity contribution in [3.8, 4) is 0 Å². The predicted octanol–water partition coefficient (Wildman–Crippen LogP) is 2.61. The van der Waals surface area contributed by atoms with Crippen molar-refractivity contribution in [2.75, 3.05) is 5.32 Å². The summed E-state index contributed by atoms with van der Waals surface area (Å²) < 4.78 is 3.81. The Morgan fingerprint density at radius 3 is 2.95 bits per heavy atom. The largest absolute Gasteiger partial charge is 0.302 e. The van der Waals surface area contributed by atoms with Gasteiger partial charge in [-0.3, -0.25) is 14.2 Å². The first kappa shape index (κ1) is 14.7. The SMILES string of the molecule is Cc1nn(C(C)C)c2cnn(CCC(=O)Nc3nccs3)c12. The van der Waals surface area contributed by atoms with E-state index in [1.165, 1.54) is 11.3 Å². The van der Waals surface area contributed by atoms with Crippen molar-refractivity contribution in [1.82, 2.24) is 24.5 Å². The lowest BCUT2D eigenvalue weighted by Gasteiger charge is -2.04. The van der Waals surface area contributed by atoms with Crippen molar-refractivity contribution in [3.63, 3.8) is 0 Å². The van der Waals surface area contributed by atoms with Crippen molar-refractivity contribution in [2.45, 2.75) is 39.8 Å². The molecule has 116 valence electrons. The maximum Gasteiger partial charge on any atom is 0.228 e. The van der Waals surface area contributed by atoms with Gasteiger partial charge in [0.25, 0.3) is 0 Å². The summed E-state index contributed by atoms with van der Waals surface area (Å²) >= 11 is 1.41. The third kappa shape index (κ3) is 2.74. The van der Waals surface area contributed by atoms with Gasteiger partial charge in [-0.15, -0.1) is 11.3 Å². The number of nitrogens with one attached hydrogen (secondary N) is 1. The maximum absolute atomic E-state index is 11.9. The van der Waals surface area contributed by atoms with E-state index in [4.69, 9.17) is 0 Å². The van der Waals surface area contributed by atoms with E-state index in [-0.39, 0.29) is 11.9 Å². The highest BCUT2D eigenvalue weighted by Crippen LogP contribution is 2.21. The molecule has 3 aromatic rings. The molecular weight excluding hydrogens is 300 g/mol. The number of carbonyl (C=O) groups excluding carboxylic acids is 1. The van der Waals surface area contributed by atoms with E-state index < -0.39 is 0 Å². The van der Waals surface area contributed by atoms with Gasteiger partial charge in [-0.05, 0) is 20.8 Å². The third-order valence-corrected chi connectivity index (χ3v) is 4.07. The number of aromatic nitrogens is 5. The van der Waals surface area contributed by atoms with Gasteiger partial charge in [0.15, 0.2) is 5.13 Å². The molecule has 0 aromatic carbocycles. The monoisotopic (exact) mass is 318 g/mol. The van der Waals surface area contributed by atoms with Crippen LogP contribution in [0.25, 0.3) is 11.0 Å². The van der Waals surface area contributed by atoms with Gasteiger partial charge in [0.1, 0.15) is 11.0 Å². The molecule has 1 amide bonds. The van der Waals surface area contributed by atoms with E-state index in [0.29, 0.717) is 18.1 Å². The summed E-state index contributed by atoms with van der Waals surface area (Å²) in [6, 6.07) is 0.280. The Kier molecular flexibility index (Phi) is 3.93. The Balaban J connectivity index is 1.73. The minimum Gasteiger partial charge on any atom is -0.302 e. The van der Waals surface area contributed by atoms with E-state index >= 15 is 0 Å². The van der Waals surface area contributed by atoms with Gasteiger partial charge in [0, 0.05) is 24.0 Å². The number of thiazole rings is 1. The molecule has 0 atom stereocenters. The van der Waals surface area contributed by atoms with E-state index in [9.17, 15) is 4.79 Å². The van der Waals surface area contributed by atoms with Gasteiger partial charge in [0.05, 0.1) is 18.4 Å². The van der Waals surface area contributed by atoms with Gasteiger partial charge in [-0.25, -0.2) is 4.98 Å². The molecule has 7 nitrogen and oxygen atoms in total. The van der Waals surface area contributed by atoms with Crippen LogP contribution in [0.2, 0.25) is 0 Å². The van der Waals surface area contributed by atoms with Crippen LogP contribution >= 0.6 is 11.3 Å². The fourth-order valence-electron chi connectivity index (χ4n) is 2.42. The lowest BCUT2D eigenvalue weighted by Crippen LogP contribution is -2.14. The van der Waals surface area contributed by atoms with Crippen LogP contribution in [0.15, 0.2) is 17.8 Å². The van der Waals surface area contributed by atoms with Crippen LogP contribution in [0.1, 0.15) is 32.0 Å². The van der Waals surface area contributed by atoms with Gasteiger partial charge < -0.3 is 5.32 Å². The Labute approximate surface area is 132 Å². The summed E-state index contributed by atoms with van der Waals surface area (Å²) in [7, 11) is 0. The first-order valence-electron chi connectivity index (χ1n) is 7.16. The number of fused-ring (bicyclic) bond motifs is 1. The molecule has 0 fully saturated rings. The lowest BCUT2D eigenvalue weighted by molar-refractivity contribution is -0.116. The highest BCUT2D eigenvalue weighted by atomic mass is 32.1. The molecule has 3 aromatic heterocycles. The van der Waals surface area contributed by atoms with Crippen LogP contribution in [0.5, 0.6) is 0 Å². The number of carbonyl (C=O) groups is 1. The van der Waals surface area contributed by atoms with Crippen LogP contribution in [-0.4, -0.2) is 30.5 Å². The molecule has 0 radical (unpaired) electrons. The van der Waals surface area contributed by atoms with Gasteiger partial charge in [0.2, 0.25) is 5.91 Å². The number of aryl methyl sites for hydroxylation is 2. The summed E-state index contributed by atoms with van der Waals surface area (Å²) in [6.45, 7) is 6.66. The topological polar surface area (TPSA) is 77.6 Å². The second-order valence-electron chi connectivity index (χ2n) is 5.36. The molecule has 0 spiro atoms. The second kappa shape index (κ2) is 5.88. The summed E-state index contributed by atoms with van der Waals surface area (Å²) in [4.78, 5) is 16.0. The third-order valence-electron chi connectivity index (χ3n) is 3.39. The Bertz CT molecular complexity index is 786. The molecule has 0 saturated carbocycles. The molecule has 3 rings (SSSR count). The molecule has 22 heavy (non-hydrogen) atoms. The Morgan fingerprint density at radius 2 is 2.27 bits per heavy atom. The number of amides is 1. The average Bonchev–Trinajstić information content (AvgIpc) is 3.15. The minimum absolute atomic E-state index is 0.0625. The number of hydrogen-bond donors (Lipinski definition) is 1. The molecule has 0 saturated heterocycles. The van der Waals surface area contributed by atoms with Crippen LogP contribution in [0, 0.1) is 6.92 Å². The van der Waals surface area contributed by atoms with E-state index in [1.54, 1.807) is 6.20 Å². The molecule has 0 aliphatic rings. The van der Waals surface area contributed by atoms with Crippen molar-refractivity contribution in [2.24, 2.45) is 0 Å². The summed E-state index contributed by atoms with van der Waals surface area (Å²) in [5.41, 5.74) is 2.94. The molecule has 8 heteroatoms. The van der Waals surface area contributed by atoms with Crippen molar-refractivity contribution in [3.05, 3.63) is 23.5 Å². The molecule has 0 aliphatic heterocycles. The Hall–Kier alpha value is -2.22. The molecule has 0 aliphatic carbocycles. The first-order chi connectivity index (χ1) is 10.6. The maximum atomic E-state index is 11.9. The van der Waals surface area contributed by atoms with Gasteiger partial charge >= 0.3 is 0 Å². The summed E-state index contributed by atoms with van der Waals surface area (Å²) in [5.74, 6) is -0.0625. The lowest BCUT2D eigenvalue weighted by atomic mass is 10.3. The van der Waals surface area contributed by atoms with E-state index in [0.717, 1.165) is 16.7 Å². The zero-order valence-corrected chi connectivity index (χ0v) is 13.6.